The molecule has 0 saturated carbocycles. The number of hydrogen-bond acceptors (Lipinski definition) is 3. The van der Waals surface area contributed by atoms with Crippen LogP contribution in [0.1, 0.15) is 69.2 Å². The minimum absolute atomic E-state index is 0.0376. The van der Waals surface area contributed by atoms with Gasteiger partial charge in [-0.25, -0.2) is 9.18 Å². The van der Waals surface area contributed by atoms with Gasteiger partial charge in [-0.1, -0.05) is 52.0 Å². The number of carbonyl (C=O) groups excluding carboxylic acids is 1. The summed E-state index contributed by atoms with van der Waals surface area (Å²) >= 11 is 0. The zero-order chi connectivity index (χ0) is 23.3. The highest BCUT2D eigenvalue weighted by Crippen LogP contribution is 2.47. The summed E-state index contributed by atoms with van der Waals surface area (Å²) in [6.07, 6.45) is 2.56. The number of benzene rings is 2. The van der Waals surface area contributed by atoms with Crippen molar-refractivity contribution in [2.24, 2.45) is 11.3 Å². The van der Waals surface area contributed by atoms with Gasteiger partial charge in [0.1, 0.15) is 11.9 Å². The Kier molecular flexibility index (Phi) is 5.72. The van der Waals surface area contributed by atoms with Crippen molar-refractivity contribution in [2.75, 3.05) is 19.6 Å². The van der Waals surface area contributed by atoms with E-state index in [4.69, 9.17) is 4.74 Å². The number of halogens is 1. The van der Waals surface area contributed by atoms with Gasteiger partial charge in [0.2, 0.25) is 0 Å². The van der Waals surface area contributed by atoms with Crippen molar-refractivity contribution in [3.05, 3.63) is 58.9 Å². The maximum Gasteiger partial charge on any atom is 0.407 e. The van der Waals surface area contributed by atoms with Gasteiger partial charge in [-0.3, -0.25) is 4.90 Å². The number of nitrogens with zero attached hydrogens (tertiary/aromatic N) is 1. The molecule has 1 amide bonds. The van der Waals surface area contributed by atoms with E-state index in [1.807, 2.05) is 18.2 Å². The largest absolute Gasteiger partial charge is 0.445 e. The Bertz CT molecular complexity index is 1040. The van der Waals surface area contributed by atoms with E-state index >= 15 is 4.39 Å². The molecule has 4 aliphatic rings. The number of piperidine rings is 3. The Morgan fingerprint density at radius 3 is 2.45 bits per heavy atom. The minimum Gasteiger partial charge on any atom is -0.445 e. The highest BCUT2D eigenvalue weighted by molar-refractivity contribution is 5.70. The van der Waals surface area contributed by atoms with Crippen LogP contribution >= 0.6 is 0 Å². The van der Waals surface area contributed by atoms with Gasteiger partial charge in [-0.2, -0.15) is 0 Å². The molecular formula is C28H35FN2O2. The molecule has 4 nitrogen and oxygen atoms in total. The number of ether oxygens (including phenoxy) is 1. The first kappa shape index (κ1) is 22.4. The molecule has 0 spiro atoms. The van der Waals surface area contributed by atoms with Crippen LogP contribution in [0, 0.1) is 17.2 Å². The zero-order valence-electron chi connectivity index (χ0n) is 20.2. The average molecular weight is 451 g/mol. The number of alkyl carbamates (subject to hydrolysis) is 1. The van der Waals surface area contributed by atoms with Crippen molar-refractivity contribution in [1.29, 1.82) is 0 Å². The molecule has 33 heavy (non-hydrogen) atoms. The molecule has 3 heterocycles. The Balaban J connectivity index is 1.35. The standard InChI is InChI=1S/C28H35FN2O2/c1-17(2)18-5-7-19(8-6-18)22-13-21-15-28(3,4)26(23(21)14-24(22)29)30-27(32)33-25-16-31-11-9-20(25)10-12-31/h5-8,13-14,17,20,25-26H,9-12,15-16H2,1-4H3,(H,30,32)/t25-,26+/m1/s1. The van der Waals surface area contributed by atoms with Gasteiger partial charge < -0.3 is 10.1 Å². The molecule has 0 aromatic heterocycles. The molecule has 2 bridgehead atoms. The van der Waals surface area contributed by atoms with Crippen molar-refractivity contribution >= 4 is 6.09 Å². The first-order chi connectivity index (χ1) is 15.7. The second-order valence-electron chi connectivity index (χ2n) is 11.1. The van der Waals surface area contributed by atoms with E-state index in [9.17, 15) is 4.79 Å². The van der Waals surface area contributed by atoms with Crippen molar-refractivity contribution in [2.45, 2.75) is 65.0 Å². The lowest BCUT2D eigenvalue weighted by atomic mass is 9.85. The van der Waals surface area contributed by atoms with Gasteiger partial charge in [-0.05, 0) is 84.0 Å². The van der Waals surface area contributed by atoms with E-state index in [0.29, 0.717) is 17.4 Å². The fourth-order valence-electron chi connectivity index (χ4n) is 5.94. The summed E-state index contributed by atoms with van der Waals surface area (Å²) in [5.41, 5.74) is 4.49. The monoisotopic (exact) mass is 450 g/mol. The summed E-state index contributed by atoms with van der Waals surface area (Å²) in [6.45, 7) is 11.6. The third-order valence-electron chi connectivity index (χ3n) is 7.97. The quantitative estimate of drug-likeness (QED) is 0.616. The summed E-state index contributed by atoms with van der Waals surface area (Å²) in [5.74, 6) is 0.658. The number of fused-ring (bicyclic) bond motifs is 4. The molecule has 1 aliphatic carbocycles. The highest BCUT2D eigenvalue weighted by atomic mass is 19.1. The number of hydrogen-bond donors (Lipinski definition) is 1. The predicted octanol–water partition coefficient (Wildman–Crippen LogP) is 6.06. The first-order valence-electron chi connectivity index (χ1n) is 12.3. The molecule has 2 atom stereocenters. The topological polar surface area (TPSA) is 41.6 Å². The Hall–Kier alpha value is -2.40. The van der Waals surface area contributed by atoms with E-state index in [1.165, 1.54) is 5.56 Å². The predicted molar refractivity (Wildman–Crippen MR) is 129 cm³/mol. The van der Waals surface area contributed by atoms with Crippen LogP contribution in [0.25, 0.3) is 11.1 Å². The molecule has 3 fully saturated rings. The number of nitrogens with one attached hydrogen (secondary N) is 1. The highest BCUT2D eigenvalue weighted by Gasteiger charge is 2.42. The van der Waals surface area contributed by atoms with Crippen LogP contribution in [-0.2, 0) is 11.2 Å². The normalized spacial score (nSPS) is 27.5. The maximum absolute atomic E-state index is 15.3. The van der Waals surface area contributed by atoms with Crippen LogP contribution in [0.4, 0.5) is 9.18 Å². The van der Waals surface area contributed by atoms with Gasteiger partial charge in [0.25, 0.3) is 0 Å². The van der Waals surface area contributed by atoms with Crippen molar-refractivity contribution in [1.82, 2.24) is 10.2 Å². The summed E-state index contributed by atoms with van der Waals surface area (Å²) in [5, 5.41) is 3.09. The van der Waals surface area contributed by atoms with Crippen LogP contribution in [0.15, 0.2) is 36.4 Å². The SMILES string of the molecule is CC(C)c1ccc(-c2cc3c(cc2F)[C@H](NC(=O)O[C@@H]2CN4CCC2CC4)C(C)(C)C3)cc1. The van der Waals surface area contributed by atoms with Gasteiger partial charge in [0.15, 0.2) is 0 Å². The van der Waals surface area contributed by atoms with E-state index in [0.717, 1.165) is 55.6 Å². The average Bonchev–Trinajstić information content (AvgIpc) is 3.03. The third-order valence-corrected chi connectivity index (χ3v) is 7.97. The number of carbonyl (C=O) groups is 1. The van der Waals surface area contributed by atoms with Crippen LogP contribution in [0.3, 0.4) is 0 Å². The Labute approximate surface area is 196 Å². The van der Waals surface area contributed by atoms with Crippen molar-refractivity contribution in [3.63, 3.8) is 0 Å². The lowest BCUT2D eigenvalue weighted by Gasteiger charge is -2.44. The fraction of sp³-hybridized carbons (Fsp3) is 0.536. The molecule has 2 aromatic carbocycles. The molecule has 0 unspecified atom stereocenters. The molecule has 0 radical (unpaired) electrons. The van der Waals surface area contributed by atoms with Crippen LogP contribution in [-0.4, -0.2) is 36.7 Å². The summed E-state index contributed by atoms with van der Waals surface area (Å²) in [4.78, 5) is 15.2. The van der Waals surface area contributed by atoms with Crippen LogP contribution in [0.5, 0.6) is 0 Å². The maximum atomic E-state index is 15.3. The summed E-state index contributed by atoms with van der Waals surface area (Å²) in [7, 11) is 0. The molecule has 3 aliphatic heterocycles. The molecule has 176 valence electrons. The number of rotatable bonds is 4. The number of amides is 1. The molecule has 3 saturated heterocycles. The third kappa shape index (κ3) is 4.28. The van der Waals surface area contributed by atoms with Gasteiger partial charge in [0, 0.05) is 12.1 Å². The lowest BCUT2D eigenvalue weighted by molar-refractivity contribution is -0.0349. The van der Waals surface area contributed by atoms with Crippen LogP contribution in [0.2, 0.25) is 0 Å². The van der Waals surface area contributed by atoms with Crippen molar-refractivity contribution in [3.8, 4) is 11.1 Å². The molecule has 1 N–H and O–H groups in total. The fourth-order valence-corrected chi connectivity index (χ4v) is 5.94. The summed E-state index contributed by atoms with van der Waals surface area (Å²) < 4.78 is 21.1. The Morgan fingerprint density at radius 1 is 1.15 bits per heavy atom. The van der Waals surface area contributed by atoms with Gasteiger partial charge in [0.05, 0.1) is 6.04 Å². The smallest absolute Gasteiger partial charge is 0.407 e. The van der Waals surface area contributed by atoms with E-state index < -0.39 is 0 Å². The van der Waals surface area contributed by atoms with E-state index in [-0.39, 0.29) is 29.5 Å². The molecular weight excluding hydrogens is 415 g/mol. The lowest BCUT2D eigenvalue weighted by Crippen LogP contribution is -2.53. The van der Waals surface area contributed by atoms with E-state index in [2.05, 4.69) is 50.0 Å². The second-order valence-corrected chi connectivity index (χ2v) is 11.1. The zero-order valence-corrected chi connectivity index (χ0v) is 20.2. The van der Waals surface area contributed by atoms with E-state index in [1.54, 1.807) is 6.07 Å². The van der Waals surface area contributed by atoms with Gasteiger partial charge in [-0.15, -0.1) is 0 Å². The molecule has 6 rings (SSSR count). The van der Waals surface area contributed by atoms with Crippen LogP contribution < -0.4 is 5.32 Å². The molecule has 2 aromatic rings. The Morgan fingerprint density at radius 2 is 1.85 bits per heavy atom. The van der Waals surface area contributed by atoms with Crippen molar-refractivity contribution < 1.29 is 13.9 Å². The first-order valence-corrected chi connectivity index (χ1v) is 12.3. The summed E-state index contributed by atoms with van der Waals surface area (Å²) in [6, 6.07) is 11.5. The molecule has 5 heteroatoms. The second kappa shape index (κ2) is 8.43. The minimum atomic E-state index is -0.381. The van der Waals surface area contributed by atoms with Gasteiger partial charge >= 0.3 is 6.09 Å².